The normalized spacial score (nSPS) is 19.4. The number of thioether (sulfide) groups is 1. The summed E-state index contributed by atoms with van der Waals surface area (Å²) in [5.74, 6) is -0.329. The van der Waals surface area contributed by atoms with Crippen molar-refractivity contribution in [1.29, 1.82) is 0 Å². The molecule has 2 atom stereocenters. The maximum atomic E-state index is 12.2. The van der Waals surface area contributed by atoms with Crippen LogP contribution < -0.4 is 10.1 Å². The van der Waals surface area contributed by atoms with Crippen LogP contribution in [0.15, 0.2) is 34.9 Å². The van der Waals surface area contributed by atoms with Crippen LogP contribution in [0.2, 0.25) is 0 Å². The van der Waals surface area contributed by atoms with Crippen LogP contribution in [0.1, 0.15) is 25.8 Å². The highest BCUT2D eigenvalue weighted by Crippen LogP contribution is 2.33. The van der Waals surface area contributed by atoms with Gasteiger partial charge in [-0.1, -0.05) is 32.4 Å². The Morgan fingerprint density at radius 1 is 1.42 bits per heavy atom. The van der Waals surface area contributed by atoms with Crippen molar-refractivity contribution in [2.75, 3.05) is 0 Å². The Hall–Kier alpha value is -1.83. The third-order valence-corrected chi connectivity index (χ3v) is 4.91. The second-order valence-corrected chi connectivity index (χ2v) is 6.52. The third kappa shape index (κ3) is 4.59. The van der Waals surface area contributed by atoms with Crippen molar-refractivity contribution in [3.8, 4) is 5.75 Å². The number of aliphatic hydroxyl groups excluding tert-OH is 1. The Kier molecular flexibility index (Phi) is 5.69. The third-order valence-electron chi connectivity index (χ3n) is 3.75. The number of nitrogens with one attached hydrogen (secondary N) is 1. The number of hydrogen-bond donors (Lipinski definition) is 2. The molecule has 1 aliphatic rings. The van der Waals surface area contributed by atoms with Crippen LogP contribution in [0.3, 0.4) is 0 Å². The van der Waals surface area contributed by atoms with Crippen LogP contribution in [-0.4, -0.2) is 23.4 Å². The van der Waals surface area contributed by atoms with Crippen molar-refractivity contribution in [3.63, 3.8) is 0 Å². The van der Waals surface area contributed by atoms with Gasteiger partial charge >= 0.3 is 6.36 Å². The van der Waals surface area contributed by atoms with Crippen molar-refractivity contribution in [2.24, 2.45) is 5.92 Å². The maximum absolute atomic E-state index is 12.2. The number of halogens is 3. The largest absolute Gasteiger partial charge is 0.573 e. The molecule has 0 bridgehead atoms. The van der Waals surface area contributed by atoms with E-state index in [0.29, 0.717) is 5.56 Å². The second-order valence-electron chi connectivity index (χ2n) is 5.53. The van der Waals surface area contributed by atoms with Gasteiger partial charge in [0.2, 0.25) is 0 Å². The highest BCUT2D eigenvalue weighted by Gasteiger charge is 2.35. The summed E-state index contributed by atoms with van der Waals surface area (Å²) in [6.45, 7) is 3.88. The molecule has 0 aromatic heterocycles. The monoisotopic (exact) mass is 361 g/mol. The molecule has 1 aromatic rings. The lowest BCUT2D eigenvalue weighted by Crippen LogP contribution is -2.34. The van der Waals surface area contributed by atoms with Crippen molar-refractivity contribution >= 4 is 17.7 Å². The minimum absolute atomic E-state index is 0.00189. The number of hydrogen-bond acceptors (Lipinski definition) is 4. The molecule has 0 aliphatic carbocycles. The van der Waals surface area contributed by atoms with E-state index in [0.717, 1.165) is 18.2 Å². The molecule has 1 amide bonds. The quantitative estimate of drug-likeness (QED) is 0.800. The molecular weight excluding hydrogens is 343 g/mol. The minimum Gasteiger partial charge on any atom is -0.509 e. The molecule has 1 heterocycles. The van der Waals surface area contributed by atoms with E-state index < -0.39 is 12.4 Å². The zero-order valence-electron chi connectivity index (χ0n) is 13.2. The molecule has 24 heavy (non-hydrogen) atoms. The van der Waals surface area contributed by atoms with Gasteiger partial charge in [-0.2, -0.15) is 0 Å². The standard InChI is InChI=1S/C16H18F3NO3S/c1-3-9(2)12-13(21)14(15(22)20-12)24-8-10-5-4-6-11(7-10)23-16(17,18)19/h4-7,9,12,21H,3,8H2,1-2H3,(H,20,22). The lowest BCUT2D eigenvalue weighted by molar-refractivity contribution is -0.274. The van der Waals surface area contributed by atoms with Gasteiger partial charge in [0.1, 0.15) is 16.4 Å². The molecule has 2 rings (SSSR count). The lowest BCUT2D eigenvalue weighted by Gasteiger charge is -2.17. The molecule has 1 aliphatic heterocycles. The Morgan fingerprint density at radius 3 is 2.75 bits per heavy atom. The first kappa shape index (κ1) is 18.5. The lowest BCUT2D eigenvalue weighted by atomic mass is 9.99. The van der Waals surface area contributed by atoms with Crippen LogP contribution in [0.5, 0.6) is 5.75 Å². The van der Waals surface area contributed by atoms with Gasteiger partial charge in [-0.25, -0.2) is 0 Å². The van der Waals surface area contributed by atoms with E-state index in [9.17, 15) is 23.1 Å². The van der Waals surface area contributed by atoms with Crippen molar-refractivity contribution in [2.45, 2.75) is 38.4 Å². The fraction of sp³-hybridized carbons (Fsp3) is 0.438. The summed E-state index contributed by atoms with van der Waals surface area (Å²) in [7, 11) is 0. The predicted octanol–water partition coefficient (Wildman–Crippen LogP) is 4.13. The Morgan fingerprint density at radius 2 is 2.12 bits per heavy atom. The van der Waals surface area contributed by atoms with Crippen LogP contribution in [0, 0.1) is 5.92 Å². The van der Waals surface area contributed by atoms with E-state index in [1.54, 1.807) is 6.07 Å². The van der Waals surface area contributed by atoms with E-state index >= 15 is 0 Å². The Balaban J connectivity index is 2.06. The number of benzene rings is 1. The highest BCUT2D eigenvalue weighted by molar-refractivity contribution is 8.03. The summed E-state index contributed by atoms with van der Waals surface area (Å²) in [5.41, 5.74) is 0.557. The number of alkyl halides is 3. The Bertz CT molecular complexity index is 646. The number of rotatable bonds is 6. The summed E-state index contributed by atoms with van der Waals surface area (Å²) < 4.78 is 40.6. The van der Waals surface area contributed by atoms with Gasteiger partial charge < -0.3 is 15.2 Å². The van der Waals surface area contributed by atoms with Crippen LogP contribution in [-0.2, 0) is 10.5 Å². The number of aliphatic hydroxyl groups is 1. The number of amides is 1. The number of carbonyl (C=O) groups excluding carboxylic acids is 1. The summed E-state index contributed by atoms with van der Waals surface area (Å²) in [6, 6.07) is 5.13. The maximum Gasteiger partial charge on any atom is 0.573 e. The molecule has 4 nitrogen and oxygen atoms in total. The van der Waals surface area contributed by atoms with Crippen molar-refractivity contribution < 1.29 is 27.8 Å². The van der Waals surface area contributed by atoms with Gasteiger partial charge in [0.05, 0.1) is 6.04 Å². The van der Waals surface area contributed by atoms with Crippen molar-refractivity contribution in [3.05, 3.63) is 40.5 Å². The van der Waals surface area contributed by atoms with Crippen LogP contribution in [0.25, 0.3) is 0 Å². The number of carbonyl (C=O) groups is 1. The molecule has 1 aromatic carbocycles. The molecule has 0 radical (unpaired) electrons. The summed E-state index contributed by atoms with van der Waals surface area (Å²) in [6.07, 6.45) is -3.95. The summed E-state index contributed by atoms with van der Waals surface area (Å²) in [4.78, 5) is 12.2. The fourth-order valence-corrected chi connectivity index (χ4v) is 3.26. The molecule has 0 saturated heterocycles. The van der Waals surface area contributed by atoms with E-state index in [2.05, 4.69) is 10.1 Å². The molecule has 2 N–H and O–H groups in total. The average Bonchev–Trinajstić information content (AvgIpc) is 2.78. The summed E-state index contributed by atoms with van der Waals surface area (Å²) in [5, 5.41) is 12.9. The van der Waals surface area contributed by atoms with E-state index in [1.165, 1.54) is 18.2 Å². The van der Waals surface area contributed by atoms with E-state index in [1.807, 2.05) is 13.8 Å². The summed E-state index contributed by atoms with van der Waals surface area (Å²) >= 11 is 1.09. The van der Waals surface area contributed by atoms with Gasteiger partial charge in [-0.05, 0) is 23.6 Å². The Labute approximate surface area is 142 Å². The van der Waals surface area contributed by atoms with Gasteiger partial charge in [-0.15, -0.1) is 24.9 Å². The molecule has 8 heteroatoms. The first-order valence-corrected chi connectivity index (χ1v) is 8.41. The highest BCUT2D eigenvalue weighted by atomic mass is 32.2. The van der Waals surface area contributed by atoms with E-state index in [4.69, 9.17) is 0 Å². The first-order chi connectivity index (χ1) is 11.2. The molecule has 0 spiro atoms. The SMILES string of the molecule is CCC(C)C1NC(=O)C(SCc2cccc(OC(F)(F)F)c2)=C1O. The molecule has 132 valence electrons. The zero-order valence-corrected chi connectivity index (χ0v) is 14.0. The van der Waals surface area contributed by atoms with Crippen molar-refractivity contribution in [1.82, 2.24) is 5.32 Å². The molecule has 0 saturated carbocycles. The van der Waals surface area contributed by atoms with E-state index in [-0.39, 0.29) is 34.0 Å². The minimum atomic E-state index is -4.75. The van der Waals surface area contributed by atoms with Gasteiger partial charge in [0.15, 0.2) is 0 Å². The zero-order chi connectivity index (χ0) is 17.9. The molecule has 2 unspecified atom stereocenters. The average molecular weight is 361 g/mol. The molecule has 0 fully saturated rings. The van der Waals surface area contributed by atoms with Gasteiger partial charge in [0.25, 0.3) is 5.91 Å². The smallest absolute Gasteiger partial charge is 0.509 e. The second kappa shape index (κ2) is 7.38. The number of ether oxygens (including phenoxy) is 1. The first-order valence-electron chi connectivity index (χ1n) is 7.42. The fourth-order valence-electron chi connectivity index (χ4n) is 2.31. The van der Waals surface area contributed by atoms with Gasteiger partial charge in [0, 0.05) is 5.75 Å². The topological polar surface area (TPSA) is 58.6 Å². The van der Waals surface area contributed by atoms with Crippen LogP contribution >= 0.6 is 11.8 Å². The van der Waals surface area contributed by atoms with Gasteiger partial charge in [-0.3, -0.25) is 4.79 Å². The van der Waals surface area contributed by atoms with Crippen LogP contribution in [0.4, 0.5) is 13.2 Å². The molecular formula is C16H18F3NO3S. The predicted molar refractivity (Wildman–Crippen MR) is 85.5 cm³/mol.